The second-order valence-electron chi connectivity index (χ2n) is 5.63. The van der Waals surface area contributed by atoms with Crippen molar-refractivity contribution >= 4 is 11.4 Å². The molecule has 0 aromatic heterocycles. The number of anilines is 1. The molecule has 1 fully saturated rings. The molecule has 1 aliphatic heterocycles. The summed E-state index contributed by atoms with van der Waals surface area (Å²) in [6, 6.07) is 5.37. The molecule has 1 heterocycles. The van der Waals surface area contributed by atoms with Crippen LogP contribution >= 0.6 is 0 Å². The Morgan fingerprint density at radius 3 is 2.90 bits per heavy atom. The zero-order valence-electron chi connectivity index (χ0n) is 12.8. The maximum atomic E-state index is 11.1. The molecule has 6 nitrogen and oxygen atoms in total. The summed E-state index contributed by atoms with van der Waals surface area (Å²) in [5.74, 6) is 0.562. The third-order valence-corrected chi connectivity index (χ3v) is 4.21. The van der Waals surface area contributed by atoms with E-state index in [1.54, 1.807) is 26.3 Å². The average Bonchev–Trinajstić information content (AvgIpc) is 2.49. The van der Waals surface area contributed by atoms with Gasteiger partial charge in [0.2, 0.25) is 0 Å². The summed E-state index contributed by atoms with van der Waals surface area (Å²) in [6.07, 6.45) is 1.33. The number of ether oxygens (including phenoxy) is 1. The van der Waals surface area contributed by atoms with E-state index in [-0.39, 0.29) is 16.7 Å². The number of hydrogen-bond acceptors (Lipinski definition) is 5. The Kier molecular flexibility index (Phi) is 5.14. The van der Waals surface area contributed by atoms with E-state index in [9.17, 15) is 10.1 Å². The maximum Gasteiger partial charge on any atom is 0.292 e. The first-order valence-corrected chi connectivity index (χ1v) is 7.25. The van der Waals surface area contributed by atoms with E-state index < -0.39 is 0 Å². The van der Waals surface area contributed by atoms with E-state index in [1.807, 2.05) is 6.07 Å². The molecule has 1 aliphatic rings. The van der Waals surface area contributed by atoms with Gasteiger partial charge in [-0.1, -0.05) is 13.0 Å². The van der Waals surface area contributed by atoms with Crippen LogP contribution in [0.15, 0.2) is 18.2 Å². The third kappa shape index (κ3) is 3.71. The SMILES string of the molecule is CNc1ccc(CN2CCC(C)C(OC)C2)cc1[N+](=O)[O-]. The highest BCUT2D eigenvalue weighted by Gasteiger charge is 2.26. The van der Waals surface area contributed by atoms with Gasteiger partial charge in [-0.05, 0) is 30.5 Å². The Morgan fingerprint density at radius 1 is 1.52 bits per heavy atom. The topological polar surface area (TPSA) is 67.6 Å². The van der Waals surface area contributed by atoms with Crippen molar-refractivity contribution in [2.24, 2.45) is 5.92 Å². The van der Waals surface area contributed by atoms with E-state index in [0.717, 1.165) is 31.6 Å². The molecule has 0 saturated carbocycles. The van der Waals surface area contributed by atoms with Gasteiger partial charge in [-0.25, -0.2) is 0 Å². The summed E-state index contributed by atoms with van der Waals surface area (Å²) >= 11 is 0. The van der Waals surface area contributed by atoms with Crippen LogP contribution in [0.3, 0.4) is 0 Å². The van der Waals surface area contributed by atoms with Gasteiger partial charge in [0.25, 0.3) is 5.69 Å². The number of methoxy groups -OCH3 is 1. The highest BCUT2D eigenvalue weighted by Crippen LogP contribution is 2.27. The number of nitrogens with zero attached hydrogens (tertiary/aromatic N) is 2. The number of benzene rings is 1. The van der Waals surface area contributed by atoms with Crippen molar-refractivity contribution < 1.29 is 9.66 Å². The predicted octanol–water partition coefficient (Wildman–Crippen LogP) is 2.49. The van der Waals surface area contributed by atoms with Gasteiger partial charge in [0.05, 0.1) is 11.0 Å². The molecule has 1 aromatic carbocycles. The summed E-state index contributed by atoms with van der Waals surface area (Å²) in [4.78, 5) is 13.1. The average molecular weight is 293 g/mol. The van der Waals surface area contributed by atoms with Gasteiger partial charge >= 0.3 is 0 Å². The van der Waals surface area contributed by atoms with Gasteiger partial charge in [-0.15, -0.1) is 0 Å². The van der Waals surface area contributed by atoms with Crippen LogP contribution in [0.5, 0.6) is 0 Å². The summed E-state index contributed by atoms with van der Waals surface area (Å²) in [5.41, 5.74) is 1.64. The van der Waals surface area contributed by atoms with Crippen LogP contribution in [-0.4, -0.2) is 43.2 Å². The molecule has 1 aromatic rings. The third-order valence-electron chi connectivity index (χ3n) is 4.21. The molecule has 2 unspecified atom stereocenters. The zero-order chi connectivity index (χ0) is 15.4. The van der Waals surface area contributed by atoms with E-state index in [0.29, 0.717) is 11.6 Å². The van der Waals surface area contributed by atoms with Crippen LogP contribution in [0.2, 0.25) is 0 Å². The molecular formula is C15H23N3O3. The van der Waals surface area contributed by atoms with Crippen molar-refractivity contribution in [3.05, 3.63) is 33.9 Å². The molecule has 0 radical (unpaired) electrons. The lowest BCUT2D eigenvalue weighted by Crippen LogP contribution is -2.43. The minimum atomic E-state index is -0.342. The standard InChI is InChI=1S/C15H23N3O3/c1-11-6-7-17(10-15(11)21-3)9-12-4-5-13(16-2)14(8-12)18(19)20/h4-5,8,11,15-16H,6-7,9-10H2,1-3H3. The van der Waals surface area contributed by atoms with Crippen LogP contribution in [0.4, 0.5) is 11.4 Å². The summed E-state index contributed by atoms with van der Waals surface area (Å²) < 4.78 is 5.51. The van der Waals surface area contributed by atoms with Crippen molar-refractivity contribution in [3.63, 3.8) is 0 Å². The normalized spacial score (nSPS) is 23.0. The first kappa shape index (κ1) is 15.7. The molecule has 2 rings (SSSR count). The monoisotopic (exact) mass is 293 g/mol. The van der Waals surface area contributed by atoms with Crippen molar-refractivity contribution in [1.29, 1.82) is 0 Å². The first-order chi connectivity index (χ1) is 10.0. The molecule has 0 amide bonds. The molecule has 116 valence electrons. The van der Waals surface area contributed by atoms with Crippen LogP contribution < -0.4 is 5.32 Å². The predicted molar refractivity (Wildman–Crippen MR) is 82.5 cm³/mol. The van der Waals surface area contributed by atoms with Crippen molar-refractivity contribution in [3.8, 4) is 0 Å². The van der Waals surface area contributed by atoms with Gasteiger partial charge in [-0.3, -0.25) is 15.0 Å². The van der Waals surface area contributed by atoms with Crippen LogP contribution in [0, 0.1) is 16.0 Å². The van der Waals surface area contributed by atoms with Crippen molar-refractivity contribution in [1.82, 2.24) is 4.90 Å². The highest BCUT2D eigenvalue weighted by molar-refractivity contribution is 5.62. The fraction of sp³-hybridized carbons (Fsp3) is 0.600. The van der Waals surface area contributed by atoms with E-state index in [4.69, 9.17) is 4.74 Å². The molecule has 2 atom stereocenters. The largest absolute Gasteiger partial charge is 0.383 e. The first-order valence-electron chi connectivity index (χ1n) is 7.25. The summed E-state index contributed by atoms with van der Waals surface area (Å²) in [7, 11) is 3.44. The molecule has 1 N–H and O–H groups in total. The Morgan fingerprint density at radius 2 is 2.29 bits per heavy atom. The van der Waals surface area contributed by atoms with Gasteiger partial charge in [0.1, 0.15) is 5.69 Å². The Bertz CT molecular complexity index is 507. The number of rotatable bonds is 5. The second kappa shape index (κ2) is 6.87. The Labute approximate surface area is 125 Å². The lowest BCUT2D eigenvalue weighted by Gasteiger charge is -2.36. The van der Waals surface area contributed by atoms with Gasteiger partial charge in [0.15, 0.2) is 0 Å². The zero-order valence-corrected chi connectivity index (χ0v) is 12.8. The number of nitro groups is 1. The summed E-state index contributed by atoms with van der Waals surface area (Å²) in [6.45, 7) is 4.80. The minimum Gasteiger partial charge on any atom is -0.383 e. The summed E-state index contributed by atoms with van der Waals surface area (Å²) in [5, 5.41) is 14.0. The smallest absolute Gasteiger partial charge is 0.292 e. The van der Waals surface area contributed by atoms with Gasteiger partial charge < -0.3 is 10.1 Å². The molecule has 6 heteroatoms. The molecule has 0 bridgehead atoms. The van der Waals surface area contributed by atoms with Gasteiger partial charge in [0, 0.05) is 33.3 Å². The Hall–Kier alpha value is -1.66. The van der Waals surface area contributed by atoms with Crippen molar-refractivity contribution in [2.75, 3.05) is 32.6 Å². The number of piperidine rings is 1. The number of hydrogen-bond donors (Lipinski definition) is 1. The Balaban J connectivity index is 2.09. The van der Waals surface area contributed by atoms with Crippen LogP contribution in [0.25, 0.3) is 0 Å². The minimum absolute atomic E-state index is 0.128. The van der Waals surface area contributed by atoms with Crippen LogP contribution in [0.1, 0.15) is 18.9 Å². The van der Waals surface area contributed by atoms with Gasteiger partial charge in [-0.2, -0.15) is 0 Å². The van der Waals surface area contributed by atoms with Crippen molar-refractivity contribution in [2.45, 2.75) is 26.0 Å². The highest BCUT2D eigenvalue weighted by atomic mass is 16.6. The second-order valence-corrected chi connectivity index (χ2v) is 5.63. The van der Waals surface area contributed by atoms with E-state index in [2.05, 4.69) is 17.1 Å². The lowest BCUT2D eigenvalue weighted by molar-refractivity contribution is -0.384. The lowest BCUT2D eigenvalue weighted by atomic mass is 9.95. The number of likely N-dealkylation sites (tertiary alicyclic amines) is 1. The molecule has 0 spiro atoms. The molecule has 1 saturated heterocycles. The molecular weight excluding hydrogens is 270 g/mol. The quantitative estimate of drug-likeness (QED) is 0.667. The van der Waals surface area contributed by atoms with E-state index >= 15 is 0 Å². The number of nitro benzene ring substituents is 1. The fourth-order valence-corrected chi connectivity index (χ4v) is 2.84. The van der Waals surface area contributed by atoms with E-state index in [1.165, 1.54) is 0 Å². The molecule has 0 aliphatic carbocycles. The number of nitrogens with one attached hydrogen (secondary N) is 1. The fourth-order valence-electron chi connectivity index (χ4n) is 2.84. The maximum absolute atomic E-state index is 11.1. The van der Waals surface area contributed by atoms with Crippen LogP contribution in [-0.2, 0) is 11.3 Å². The molecule has 21 heavy (non-hydrogen) atoms.